The molecule has 0 aliphatic heterocycles. The van der Waals surface area contributed by atoms with E-state index in [1.807, 2.05) is 36.4 Å². The summed E-state index contributed by atoms with van der Waals surface area (Å²) in [4.78, 5) is 1.23. The Bertz CT molecular complexity index is 566. The van der Waals surface area contributed by atoms with Gasteiger partial charge in [0.25, 0.3) is 0 Å². The Hall–Kier alpha value is -1.99. The summed E-state index contributed by atoms with van der Waals surface area (Å²) in [6.45, 7) is 0. The van der Waals surface area contributed by atoms with Crippen LogP contribution in [0.25, 0.3) is 0 Å². The first kappa shape index (κ1) is 12.5. The summed E-state index contributed by atoms with van der Waals surface area (Å²) in [5, 5.41) is 18.7. The van der Waals surface area contributed by atoms with E-state index < -0.39 is 0 Å². The molecule has 2 aromatic carbocycles. The van der Waals surface area contributed by atoms with Crippen LogP contribution in [0.3, 0.4) is 0 Å². The topological polar surface area (TPSA) is 47.3 Å². The molecule has 2 rings (SSSR count). The molecule has 18 heavy (non-hydrogen) atoms. The molecule has 3 nitrogen and oxygen atoms in total. The first-order valence-electron chi connectivity index (χ1n) is 5.39. The highest BCUT2D eigenvalue weighted by Crippen LogP contribution is 2.32. The SMILES string of the molecule is N#CN(c1ccccc1)C(Br)c1cccc(O)c1. The first-order chi connectivity index (χ1) is 8.72. The number of phenols is 1. The second-order valence-electron chi connectivity index (χ2n) is 3.74. The average molecular weight is 303 g/mol. The Morgan fingerprint density at radius 2 is 1.83 bits per heavy atom. The van der Waals surface area contributed by atoms with Crippen molar-refractivity contribution in [1.82, 2.24) is 0 Å². The van der Waals surface area contributed by atoms with Crippen LogP contribution >= 0.6 is 15.9 Å². The van der Waals surface area contributed by atoms with Gasteiger partial charge in [-0.05, 0) is 29.8 Å². The third kappa shape index (κ3) is 2.63. The van der Waals surface area contributed by atoms with E-state index in [0.29, 0.717) is 0 Å². The number of phenolic OH excluding ortho intramolecular Hbond substituents is 1. The maximum absolute atomic E-state index is 9.46. The third-order valence-electron chi connectivity index (χ3n) is 2.51. The molecule has 2 aromatic rings. The second-order valence-corrected chi connectivity index (χ2v) is 4.60. The predicted octanol–water partition coefficient (Wildman–Crippen LogP) is 3.77. The summed E-state index contributed by atoms with van der Waals surface area (Å²) < 4.78 is 0. The van der Waals surface area contributed by atoms with Gasteiger partial charge in [0.1, 0.15) is 10.7 Å². The molecule has 1 N–H and O–H groups in total. The van der Waals surface area contributed by atoms with E-state index in [-0.39, 0.29) is 10.7 Å². The van der Waals surface area contributed by atoms with E-state index >= 15 is 0 Å². The molecule has 1 unspecified atom stereocenters. The van der Waals surface area contributed by atoms with Crippen molar-refractivity contribution < 1.29 is 5.11 Å². The van der Waals surface area contributed by atoms with Gasteiger partial charge >= 0.3 is 0 Å². The van der Waals surface area contributed by atoms with E-state index in [9.17, 15) is 10.4 Å². The predicted molar refractivity (Wildman–Crippen MR) is 74.3 cm³/mol. The zero-order valence-electron chi connectivity index (χ0n) is 9.49. The van der Waals surface area contributed by atoms with Gasteiger partial charge in [-0.3, -0.25) is 4.90 Å². The van der Waals surface area contributed by atoms with Crippen LogP contribution in [0.4, 0.5) is 5.69 Å². The number of anilines is 1. The number of para-hydroxylation sites is 1. The van der Waals surface area contributed by atoms with Crippen molar-refractivity contribution in [3.05, 3.63) is 60.2 Å². The molecule has 0 spiro atoms. The van der Waals surface area contributed by atoms with Crippen molar-refractivity contribution in [2.75, 3.05) is 4.90 Å². The fourth-order valence-corrected chi connectivity index (χ4v) is 2.26. The molecule has 90 valence electrons. The van der Waals surface area contributed by atoms with Crippen molar-refractivity contribution in [1.29, 1.82) is 5.26 Å². The van der Waals surface area contributed by atoms with Gasteiger partial charge in [-0.25, -0.2) is 0 Å². The molecule has 0 heterocycles. The van der Waals surface area contributed by atoms with E-state index in [2.05, 4.69) is 22.1 Å². The third-order valence-corrected chi connectivity index (χ3v) is 3.45. The molecular formula is C14H11BrN2O. The number of halogens is 1. The van der Waals surface area contributed by atoms with Gasteiger partial charge in [0.05, 0.1) is 5.69 Å². The number of benzene rings is 2. The Morgan fingerprint density at radius 1 is 1.11 bits per heavy atom. The monoisotopic (exact) mass is 302 g/mol. The summed E-state index contributed by atoms with van der Waals surface area (Å²) in [5.74, 6) is 0.183. The molecule has 0 fully saturated rings. The second kappa shape index (κ2) is 5.56. The van der Waals surface area contributed by atoms with Gasteiger partial charge in [0.2, 0.25) is 0 Å². The van der Waals surface area contributed by atoms with Crippen LogP contribution < -0.4 is 4.90 Å². The Balaban J connectivity index is 2.32. The van der Waals surface area contributed by atoms with Crippen molar-refractivity contribution in [3.63, 3.8) is 0 Å². The zero-order valence-corrected chi connectivity index (χ0v) is 11.1. The van der Waals surface area contributed by atoms with Crippen LogP contribution in [0, 0.1) is 11.5 Å². The van der Waals surface area contributed by atoms with Crippen molar-refractivity contribution >= 4 is 21.6 Å². The van der Waals surface area contributed by atoms with Crippen molar-refractivity contribution in [3.8, 4) is 11.9 Å². The Morgan fingerprint density at radius 3 is 2.44 bits per heavy atom. The summed E-state index contributed by atoms with van der Waals surface area (Å²) in [5.41, 5.74) is 1.62. The Kier molecular flexibility index (Phi) is 3.85. The van der Waals surface area contributed by atoms with Crippen molar-refractivity contribution in [2.45, 2.75) is 4.95 Å². The van der Waals surface area contributed by atoms with E-state index in [0.717, 1.165) is 11.3 Å². The molecule has 0 aromatic heterocycles. The van der Waals surface area contributed by atoms with Gasteiger partial charge in [0, 0.05) is 0 Å². The number of aromatic hydroxyl groups is 1. The minimum absolute atomic E-state index is 0.183. The molecule has 0 radical (unpaired) electrons. The fraction of sp³-hybridized carbons (Fsp3) is 0.0714. The normalized spacial score (nSPS) is 11.6. The lowest BCUT2D eigenvalue weighted by molar-refractivity contribution is 0.474. The van der Waals surface area contributed by atoms with Gasteiger partial charge < -0.3 is 5.11 Å². The van der Waals surface area contributed by atoms with Gasteiger partial charge in [-0.15, -0.1) is 0 Å². The molecule has 1 atom stereocenters. The van der Waals surface area contributed by atoms with Crippen molar-refractivity contribution in [2.24, 2.45) is 0 Å². The molecule has 0 aliphatic carbocycles. The number of rotatable bonds is 3. The molecule has 0 bridgehead atoms. The summed E-state index contributed by atoms with van der Waals surface area (Å²) in [7, 11) is 0. The minimum Gasteiger partial charge on any atom is -0.508 e. The Labute approximate surface area is 114 Å². The summed E-state index contributed by atoms with van der Waals surface area (Å²) in [6, 6.07) is 16.2. The highest BCUT2D eigenvalue weighted by atomic mass is 79.9. The lowest BCUT2D eigenvalue weighted by atomic mass is 10.2. The van der Waals surface area contributed by atoms with Crippen LogP contribution in [0.15, 0.2) is 54.6 Å². The molecule has 4 heteroatoms. The minimum atomic E-state index is -0.308. The van der Waals surface area contributed by atoms with Crippen LogP contribution in [0.2, 0.25) is 0 Å². The largest absolute Gasteiger partial charge is 0.508 e. The van der Waals surface area contributed by atoms with Crippen LogP contribution in [-0.2, 0) is 0 Å². The van der Waals surface area contributed by atoms with E-state index in [4.69, 9.17) is 0 Å². The van der Waals surface area contributed by atoms with Crippen LogP contribution in [-0.4, -0.2) is 5.11 Å². The van der Waals surface area contributed by atoms with E-state index in [1.54, 1.807) is 18.2 Å². The van der Waals surface area contributed by atoms with Crippen LogP contribution in [0.5, 0.6) is 5.75 Å². The average Bonchev–Trinajstić information content (AvgIpc) is 2.41. The fourth-order valence-electron chi connectivity index (χ4n) is 1.65. The standard InChI is InChI=1S/C14H11BrN2O/c15-14(11-5-4-8-13(18)9-11)17(10-16)12-6-2-1-3-7-12/h1-9,14,18H. The van der Waals surface area contributed by atoms with Crippen LogP contribution in [0.1, 0.15) is 10.5 Å². The zero-order chi connectivity index (χ0) is 13.0. The number of alkyl halides is 1. The van der Waals surface area contributed by atoms with E-state index in [1.165, 1.54) is 4.90 Å². The maximum atomic E-state index is 9.46. The molecular weight excluding hydrogens is 292 g/mol. The number of nitriles is 1. The highest BCUT2D eigenvalue weighted by molar-refractivity contribution is 9.09. The lowest BCUT2D eigenvalue weighted by Crippen LogP contribution is -2.18. The maximum Gasteiger partial charge on any atom is 0.185 e. The van der Waals surface area contributed by atoms with Gasteiger partial charge in [-0.1, -0.05) is 46.3 Å². The number of nitrogens with zero attached hydrogens (tertiary/aromatic N) is 2. The molecule has 0 saturated carbocycles. The summed E-state index contributed by atoms with van der Waals surface area (Å²) >= 11 is 3.48. The quantitative estimate of drug-likeness (QED) is 0.406. The lowest BCUT2D eigenvalue weighted by Gasteiger charge is -2.22. The van der Waals surface area contributed by atoms with Gasteiger partial charge in [-0.2, -0.15) is 5.26 Å². The smallest absolute Gasteiger partial charge is 0.185 e. The first-order valence-corrected chi connectivity index (χ1v) is 6.31. The molecule has 0 amide bonds. The van der Waals surface area contributed by atoms with Gasteiger partial charge in [0.15, 0.2) is 6.19 Å². The summed E-state index contributed by atoms with van der Waals surface area (Å²) in [6.07, 6.45) is 2.14. The number of hydrogen-bond donors (Lipinski definition) is 1. The highest BCUT2D eigenvalue weighted by Gasteiger charge is 2.17. The molecule has 0 aliphatic rings. The molecule has 0 saturated heterocycles. The number of hydrogen-bond acceptors (Lipinski definition) is 3.